The zero-order chi connectivity index (χ0) is 21.5. The van der Waals surface area contributed by atoms with Gasteiger partial charge < -0.3 is 37.9 Å². The molecule has 0 fully saturated rings. The number of hydrogen-bond acceptors (Lipinski definition) is 9. The Bertz CT molecular complexity index is 1060. The van der Waals surface area contributed by atoms with E-state index in [9.17, 15) is 9.90 Å². The van der Waals surface area contributed by atoms with Crippen LogP contribution in [0, 0.1) is 0 Å². The first kappa shape index (κ1) is 21.4. The smallest absolute Gasteiger partial charge is 0.235 e. The van der Waals surface area contributed by atoms with Crippen LogP contribution in [0.15, 0.2) is 45.6 Å². The Labute approximate surface area is 172 Å². The van der Waals surface area contributed by atoms with Crippen molar-refractivity contribution in [3.63, 3.8) is 0 Å². The van der Waals surface area contributed by atoms with Crippen molar-refractivity contribution in [1.82, 2.24) is 0 Å². The minimum atomic E-state index is -0.381. The summed E-state index contributed by atoms with van der Waals surface area (Å²) in [5.74, 6) is 0.661. The van der Waals surface area contributed by atoms with Crippen LogP contribution < -0.4 is 19.6 Å². The van der Waals surface area contributed by atoms with Gasteiger partial charge in [0.05, 0.1) is 5.39 Å². The molecule has 1 aromatic heterocycles. The first-order valence-corrected chi connectivity index (χ1v) is 8.88. The number of benzene rings is 2. The van der Waals surface area contributed by atoms with E-state index in [4.69, 9.17) is 32.8 Å². The van der Waals surface area contributed by atoms with Gasteiger partial charge >= 0.3 is 0 Å². The van der Waals surface area contributed by atoms with E-state index in [1.54, 1.807) is 24.3 Å². The van der Waals surface area contributed by atoms with Crippen molar-refractivity contribution in [2.45, 2.75) is 0 Å². The number of methoxy groups -OCH3 is 3. The fourth-order valence-electron chi connectivity index (χ4n) is 2.71. The van der Waals surface area contributed by atoms with Gasteiger partial charge in [0, 0.05) is 33.0 Å². The third-order valence-corrected chi connectivity index (χ3v) is 4.04. The summed E-state index contributed by atoms with van der Waals surface area (Å²) in [7, 11) is 4.41. The number of hydrogen-bond donors (Lipinski definition) is 1. The van der Waals surface area contributed by atoms with Crippen LogP contribution in [0.5, 0.6) is 23.0 Å². The maximum absolute atomic E-state index is 13.1. The van der Waals surface area contributed by atoms with Crippen molar-refractivity contribution in [2.24, 2.45) is 0 Å². The maximum atomic E-state index is 13.1. The quantitative estimate of drug-likeness (QED) is 0.497. The number of ether oxygens (including phenoxy) is 6. The molecule has 0 aliphatic rings. The van der Waals surface area contributed by atoms with E-state index in [1.165, 1.54) is 33.5 Å². The number of phenols is 1. The molecule has 0 spiro atoms. The fourth-order valence-corrected chi connectivity index (χ4v) is 2.71. The van der Waals surface area contributed by atoms with Crippen LogP contribution in [0.4, 0.5) is 0 Å². The topological polar surface area (TPSA) is 106 Å². The Morgan fingerprint density at radius 3 is 2.30 bits per heavy atom. The van der Waals surface area contributed by atoms with Crippen molar-refractivity contribution in [3.05, 3.63) is 46.6 Å². The van der Waals surface area contributed by atoms with Crippen molar-refractivity contribution >= 4 is 11.0 Å². The monoisotopic (exact) mass is 418 g/mol. The average molecular weight is 418 g/mol. The van der Waals surface area contributed by atoms with Gasteiger partial charge in [-0.05, 0) is 30.3 Å². The molecule has 3 aromatic rings. The minimum Gasteiger partial charge on any atom is -0.504 e. The molecule has 1 N–H and O–H groups in total. The fraction of sp³-hybridized carbons (Fsp3) is 0.286. The van der Waals surface area contributed by atoms with Crippen LogP contribution in [0.1, 0.15) is 0 Å². The molecule has 0 aliphatic heterocycles. The Morgan fingerprint density at radius 1 is 0.867 bits per heavy atom. The molecule has 0 aliphatic carbocycles. The molecule has 0 amide bonds. The van der Waals surface area contributed by atoms with Gasteiger partial charge in [-0.15, -0.1) is 0 Å². The van der Waals surface area contributed by atoms with E-state index in [0.29, 0.717) is 22.3 Å². The highest BCUT2D eigenvalue weighted by molar-refractivity contribution is 5.83. The van der Waals surface area contributed by atoms with Gasteiger partial charge in [0.15, 0.2) is 37.6 Å². The summed E-state index contributed by atoms with van der Waals surface area (Å²) in [6.07, 6.45) is 0. The molecule has 160 valence electrons. The first-order valence-electron chi connectivity index (χ1n) is 8.88. The molecule has 0 unspecified atom stereocenters. The Kier molecular flexibility index (Phi) is 7.12. The second-order valence-corrected chi connectivity index (χ2v) is 6.08. The molecule has 2 aromatic carbocycles. The lowest BCUT2D eigenvalue weighted by molar-refractivity contribution is 0.0490. The van der Waals surface area contributed by atoms with Crippen molar-refractivity contribution in [3.8, 4) is 34.3 Å². The molecule has 9 heteroatoms. The van der Waals surface area contributed by atoms with Crippen LogP contribution in [-0.4, -0.2) is 46.8 Å². The molecular weight excluding hydrogens is 396 g/mol. The van der Waals surface area contributed by atoms with Crippen molar-refractivity contribution in [1.29, 1.82) is 0 Å². The van der Waals surface area contributed by atoms with Crippen LogP contribution in [0.25, 0.3) is 22.3 Å². The van der Waals surface area contributed by atoms with Crippen molar-refractivity contribution < 1.29 is 37.9 Å². The largest absolute Gasteiger partial charge is 0.504 e. The van der Waals surface area contributed by atoms with Gasteiger partial charge in [-0.25, -0.2) is 0 Å². The molecular formula is C21H22O9. The zero-order valence-electron chi connectivity index (χ0n) is 16.8. The number of rotatable bonds is 10. The third kappa shape index (κ3) is 4.65. The lowest BCUT2D eigenvalue weighted by atomic mass is 10.1. The average Bonchev–Trinajstić information content (AvgIpc) is 2.76. The molecule has 0 saturated heterocycles. The second kappa shape index (κ2) is 9.97. The number of aromatic hydroxyl groups is 1. The molecule has 0 atom stereocenters. The van der Waals surface area contributed by atoms with Gasteiger partial charge in [-0.3, -0.25) is 4.79 Å². The molecule has 0 bridgehead atoms. The Morgan fingerprint density at radius 2 is 1.57 bits per heavy atom. The van der Waals surface area contributed by atoms with E-state index in [1.807, 2.05) is 0 Å². The zero-order valence-corrected chi connectivity index (χ0v) is 16.8. The molecule has 9 nitrogen and oxygen atoms in total. The van der Waals surface area contributed by atoms with Crippen LogP contribution in [-0.2, 0) is 14.2 Å². The predicted molar refractivity (Wildman–Crippen MR) is 107 cm³/mol. The van der Waals surface area contributed by atoms with Gasteiger partial charge in [0.1, 0.15) is 11.3 Å². The Hall–Kier alpha value is -3.27. The highest BCUT2D eigenvalue weighted by Crippen LogP contribution is 2.37. The summed E-state index contributed by atoms with van der Waals surface area (Å²) in [4.78, 5) is 13.1. The van der Waals surface area contributed by atoms with Crippen LogP contribution in [0.3, 0.4) is 0 Å². The first-order chi connectivity index (χ1) is 14.6. The van der Waals surface area contributed by atoms with E-state index in [-0.39, 0.29) is 48.8 Å². The lowest BCUT2D eigenvalue weighted by Gasteiger charge is -2.13. The second-order valence-electron chi connectivity index (χ2n) is 6.08. The summed E-state index contributed by atoms with van der Waals surface area (Å²) in [5, 5.41) is 10.3. The maximum Gasteiger partial charge on any atom is 0.235 e. The highest BCUT2D eigenvalue weighted by atomic mass is 16.7. The van der Waals surface area contributed by atoms with E-state index in [0.717, 1.165) is 0 Å². The predicted octanol–water partition coefficient (Wildman–Crippen LogP) is 3.11. The SMILES string of the molecule is COCOc1ccc2c(=O)c(OCOC)c(-c3ccc(O)c(OCOC)c3)oc2c1. The van der Waals surface area contributed by atoms with Crippen LogP contribution in [0.2, 0.25) is 0 Å². The molecule has 0 radical (unpaired) electrons. The van der Waals surface area contributed by atoms with Crippen molar-refractivity contribution in [2.75, 3.05) is 41.7 Å². The number of phenolic OH excluding ortho intramolecular Hbond substituents is 1. The summed E-state index contributed by atoms with van der Waals surface area (Å²) in [5.41, 5.74) is 0.363. The molecule has 1 heterocycles. The van der Waals surface area contributed by atoms with E-state index >= 15 is 0 Å². The normalized spacial score (nSPS) is 10.9. The molecule has 30 heavy (non-hydrogen) atoms. The Balaban J connectivity index is 2.16. The van der Waals surface area contributed by atoms with Gasteiger partial charge in [0.2, 0.25) is 11.2 Å². The van der Waals surface area contributed by atoms with Crippen LogP contribution >= 0.6 is 0 Å². The minimum absolute atomic E-state index is 0.0294. The van der Waals surface area contributed by atoms with E-state index < -0.39 is 0 Å². The number of fused-ring (bicyclic) bond motifs is 1. The summed E-state index contributed by atoms with van der Waals surface area (Å²) >= 11 is 0. The van der Waals surface area contributed by atoms with E-state index in [2.05, 4.69) is 0 Å². The van der Waals surface area contributed by atoms with Gasteiger partial charge in [0.25, 0.3) is 0 Å². The summed E-state index contributed by atoms with van der Waals surface area (Å²) in [6, 6.07) is 9.31. The highest BCUT2D eigenvalue weighted by Gasteiger charge is 2.20. The molecule has 3 rings (SSSR count). The lowest BCUT2D eigenvalue weighted by Crippen LogP contribution is -2.12. The third-order valence-electron chi connectivity index (χ3n) is 4.04. The van der Waals surface area contributed by atoms with Gasteiger partial charge in [-0.2, -0.15) is 0 Å². The van der Waals surface area contributed by atoms with Gasteiger partial charge in [-0.1, -0.05) is 0 Å². The summed E-state index contributed by atoms with van der Waals surface area (Å²) in [6.45, 7) is -0.162. The summed E-state index contributed by atoms with van der Waals surface area (Å²) < 4.78 is 37.0. The standard InChI is InChI=1S/C21H22O9/c1-24-10-27-14-5-6-15-17(9-14)30-20(21(19(15)23)29-12-26-3)13-4-7-16(22)18(8-13)28-11-25-2/h4-9,22H,10-12H2,1-3H3. The molecule has 0 saturated carbocycles.